The van der Waals surface area contributed by atoms with E-state index in [-0.39, 0.29) is 35.4 Å². The van der Waals surface area contributed by atoms with E-state index in [2.05, 4.69) is 40.1 Å². The maximum Gasteiger partial charge on any atom is 0.137 e. The summed E-state index contributed by atoms with van der Waals surface area (Å²) in [5, 5.41) is 2.00. The summed E-state index contributed by atoms with van der Waals surface area (Å²) in [5.74, 6) is 1.15. The number of nitrogens with zero attached hydrogens (tertiary/aromatic N) is 4. The van der Waals surface area contributed by atoms with E-state index in [9.17, 15) is 0 Å². The number of ether oxygens (including phenoxy) is 1. The molecular weight excluding hydrogens is 697 g/mol. The van der Waals surface area contributed by atoms with Gasteiger partial charge in [0, 0.05) is 43.5 Å². The van der Waals surface area contributed by atoms with Gasteiger partial charge in [-0.2, -0.15) is 0 Å². The van der Waals surface area contributed by atoms with Gasteiger partial charge in [-0.3, -0.25) is 4.57 Å². The highest BCUT2D eigenvalue weighted by molar-refractivity contribution is 6.09. The summed E-state index contributed by atoms with van der Waals surface area (Å²) < 4.78 is 101. The van der Waals surface area contributed by atoms with E-state index in [0.717, 1.165) is 44.4 Å². The molecule has 5 nitrogen and oxygen atoms in total. The number of hydrogen-bond acceptors (Lipinski definition) is 4. The Hall–Kier alpha value is -6.33. The van der Waals surface area contributed by atoms with Gasteiger partial charge in [0.05, 0.1) is 35.9 Å². The Morgan fingerprint density at radius 1 is 0.754 bits per heavy atom. The van der Waals surface area contributed by atoms with Crippen LogP contribution >= 0.6 is 0 Å². The van der Waals surface area contributed by atoms with Crippen molar-refractivity contribution in [2.75, 3.05) is 23.0 Å². The number of pyridine rings is 1. The van der Waals surface area contributed by atoms with Crippen LogP contribution in [0.15, 0.2) is 152 Å². The lowest BCUT2D eigenvalue weighted by Crippen LogP contribution is -2.29. The molecule has 284 valence electrons. The fourth-order valence-electron chi connectivity index (χ4n) is 8.05. The number of aromatic nitrogens is 2. The zero-order valence-electron chi connectivity index (χ0n) is 43.3. The molecule has 0 saturated heterocycles. The average molecular weight is 758 g/mol. The Balaban J connectivity index is 0.963. The molecule has 5 heteroatoms. The maximum atomic E-state index is 8.65. The molecule has 6 aromatic carbocycles. The van der Waals surface area contributed by atoms with E-state index >= 15 is 0 Å². The van der Waals surface area contributed by atoms with Crippen molar-refractivity contribution < 1.29 is 19.8 Å². The third-order valence-corrected chi connectivity index (χ3v) is 10.8. The lowest BCUT2D eigenvalue weighted by Gasteiger charge is -2.23. The van der Waals surface area contributed by atoms with E-state index in [4.69, 9.17) is 24.8 Å². The van der Waals surface area contributed by atoms with Crippen molar-refractivity contribution in [1.29, 1.82) is 0 Å². The molecule has 1 aliphatic heterocycles. The molecule has 0 radical (unpaired) electrons. The highest BCUT2D eigenvalue weighted by Gasteiger charge is 2.27. The molecule has 0 spiro atoms. The third kappa shape index (κ3) is 7.03. The summed E-state index contributed by atoms with van der Waals surface area (Å²) in [7, 11) is 0. The first kappa shape index (κ1) is 25.8. The minimum Gasteiger partial charge on any atom is -0.489 e. The van der Waals surface area contributed by atoms with Crippen LogP contribution in [0.4, 0.5) is 17.1 Å². The minimum absolute atomic E-state index is 0.00657. The quantitative estimate of drug-likeness (QED) is 0.139. The first-order valence-corrected chi connectivity index (χ1v) is 19.3. The Morgan fingerprint density at radius 2 is 1.54 bits per heavy atom. The SMILES string of the molecule is [2H]c1c([2H])c([2H])c(-c2cccc(C([2H])([2H])[2H])c2CCCN2CN(c3cccc(COc4ccc5c6ccccc6n(-c6cc(C([2H])([2H])[2H])c(C(C)(C)C)cn6)c5c4)c3)c3ccccc32)c([2H])c1[2H]. The van der Waals surface area contributed by atoms with Gasteiger partial charge in [0.25, 0.3) is 0 Å². The molecule has 0 unspecified atom stereocenters. The van der Waals surface area contributed by atoms with Crippen molar-refractivity contribution in [3.63, 3.8) is 0 Å². The molecule has 8 aromatic rings. The van der Waals surface area contributed by atoms with E-state index in [1.54, 1.807) is 24.4 Å². The Bertz CT molecular complexity index is 3210. The van der Waals surface area contributed by atoms with Gasteiger partial charge < -0.3 is 14.5 Å². The van der Waals surface area contributed by atoms with Gasteiger partial charge in [-0.1, -0.05) is 112 Å². The maximum absolute atomic E-state index is 8.65. The summed E-state index contributed by atoms with van der Waals surface area (Å²) in [6.07, 6.45) is 2.52. The van der Waals surface area contributed by atoms with Gasteiger partial charge in [0.2, 0.25) is 0 Å². The second kappa shape index (κ2) is 15.0. The Labute approximate surface area is 352 Å². The fraction of sp³-hybridized carbons (Fsp3) is 0.212. The van der Waals surface area contributed by atoms with Crippen molar-refractivity contribution in [3.05, 3.63) is 179 Å². The number of fused-ring (bicyclic) bond motifs is 4. The van der Waals surface area contributed by atoms with Crippen molar-refractivity contribution >= 4 is 38.9 Å². The van der Waals surface area contributed by atoms with Crippen LogP contribution in [0.5, 0.6) is 5.75 Å². The lowest BCUT2D eigenvalue weighted by atomic mass is 9.85. The topological polar surface area (TPSA) is 33.5 Å². The van der Waals surface area contributed by atoms with Crippen LogP contribution in [0, 0.1) is 13.7 Å². The summed E-state index contributed by atoms with van der Waals surface area (Å²) >= 11 is 0. The molecular formula is C52H50N4O. The van der Waals surface area contributed by atoms with Crippen molar-refractivity contribution in [1.82, 2.24) is 9.55 Å². The average Bonchev–Trinajstić information content (AvgIpc) is 3.84. The monoisotopic (exact) mass is 757 g/mol. The molecule has 0 amide bonds. The standard InChI is InChI=1S/C52H50N4O/c1-36-16-13-22-43(39-18-7-6-8-19-39)42(36)23-15-29-54-35-55(49-26-12-11-25-48(49)54)40-20-14-17-38(31-40)34-57-41-27-28-45-44-21-9-10-24-47(44)56(50(45)32-41)51-30-37(2)46(33-53-51)52(3,4)5/h6-14,16-22,24-28,30-33H,15,23,29,34-35H2,1-5H3/i1D3,2D3,6D,7D,8D,18D,19D. The van der Waals surface area contributed by atoms with Crippen LogP contribution in [-0.2, 0) is 18.4 Å². The molecule has 0 saturated carbocycles. The van der Waals surface area contributed by atoms with Gasteiger partial charge in [-0.15, -0.1) is 0 Å². The molecule has 0 fully saturated rings. The molecule has 0 aliphatic carbocycles. The number of rotatable bonds is 10. The first-order valence-electron chi connectivity index (χ1n) is 24.8. The molecule has 3 heterocycles. The minimum atomic E-state index is -2.49. The second-order valence-corrected chi connectivity index (χ2v) is 15.6. The van der Waals surface area contributed by atoms with E-state index in [1.807, 2.05) is 86.0 Å². The van der Waals surface area contributed by atoms with Crippen LogP contribution in [0.2, 0.25) is 0 Å². The number of aryl methyl sites for hydroxylation is 2. The summed E-state index contributed by atoms with van der Waals surface area (Å²) in [5.41, 5.74) is 7.07. The van der Waals surface area contributed by atoms with Crippen molar-refractivity contribution in [2.24, 2.45) is 0 Å². The molecule has 57 heavy (non-hydrogen) atoms. The second-order valence-electron chi connectivity index (χ2n) is 15.6. The molecule has 0 atom stereocenters. The van der Waals surface area contributed by atoms with Gasteiger partial charge >= 0.3 is 0 Å². The van der Waals surface area contributed by atoms with E-state index in [1.165, 1.54) is 6.07 Å². The smallest absolute Gasteiger partial charge is 0.137 e. The fourth-order valence-corrected chi connectivity index (χ4v) is 8.05. The Morgan fingerprint density at radius 3 is 2.39 bits per heavy atom. The summed E-state index contributed by atoms with van der Waals surface area (Å²) in [6, 6.07) is 34.5. The predicted molar refractivity (Wildman–Crippen MR) is 239 cm³/mol. The zero-order chi connectivity index (χ0) is 48.4. The van der Waals surface area contributed by atoms with Crippen molar-refractivity contribution in [2.45, 2.75) is 59.3 Å². The largest absolute Gasteiger partial charge is 0.489 e. The highest BCUT2D eigenvalue weighted by Crippen LogP contribution is 2.41. The normalized spacial score (nSPS) is 16.0. The number of benzene rings is 6. The van der Waals surface area contributed by atoms with Gasteiger partial charge in [0.15, 0.2) is 0 Å². The molecule has 1 aliphatic rings. The van der Waals surface area contributed by atoms with Crippen LogP contribution < -0.4 is 14.5 Å². The number of anilines is 3. The molecule has 0 N–H and O–H groups in total. The third-order valence-electron chi connectivity index (χ3n) is 10.8. The summed E-state index contributed by atoms with van der Waals surface area (Å²) in [4.78, 5) is 9.30. The lowest BCUT2D eigenvalue weighted by molar-refractivity contribution is 0.306. The molecule has 2 aromatic heterocycles. The van der Waals surface area contributed by atoms with E-state index in [0.29, 0.717) is 54.3 Å². The van der Waals surface area contributed by atoms with Crippen molar-refractivity contribution in [3.8, 4) is 22.7 Å². The highest BCUT2D eigenvalue weighted by atomic mass is 16.5. The van der Waals surface area contributed by atoms with Crippen LogP contribution in [0.1, 0.15) is 70.1 Å². The number of para-hydroxylation sites is 3. The van der Waals surface area contributed by atoms with Gasteiger partial charge in [0.1, 0.15) is 18.2 Å². The van der Waals surface area contributed by atoms with E-state index < -0.39 is 37.2 Å². The van der Waals surface area contributed by atoms with Gasteiger partial charge in [-0.25, -0.2) is 4.98 Å². The number of hydrogen-bond donors (Lipinski definition) is 0. The Kier molecular flexibility index (Phi) is 6.76. The van der Waals surface area contributed by atoms with Crippen LogP contribution in [0.25, 0.3) is 38.8 Å². The van der Waals surface area contributed by atoms with Crippen LogP contribution in [0.3, 0.4) is 0 Å². The van der Waals surface area contributed by atoms with Gasteiger partial charge in [-0.05, 0) is 119 Å². The summed E-state index contributed by atoms with van der Waals surface area (Å²) in [6.45, 7) is 2.51. The predicted octanol–water partition coefficient (Wildman–Crippen LogP) is 12.9. The molecule has 9 rings (SSSR count). The zero-order valence-corrected chi connectivity index (χ0v) is 32.3. The molecule has 0 bridgehead atoms. The first-order chi connectivity index (χ1) is 32.2. The van der Waals surface area contributed by atoms with Crippen LogP contribution in [-0.4, -0.2) is 22.8 Å².